The highest BCUT2D eigenvalue weighted by molar-refractivity contribution is 5.68. The van der Waals surface area contributed by atoms with Crippen molar-refractivity contribution in [3.63, 3.8) is 0 Å². The summed E-state index contributed by atoms with van der Waals surface area (Å²) < 4.78 is 0. The van der Waals surface area contributed by atoms with E-state index < -0.39 is 5.97 Å². The van der Waals surface area contributed by atoms with Crippen LogP contribution in [0.1, 0.15) is 58.3 Å². The van der Waals surface area contributed by atoms with Gasteiger partial charge in [0.05, 0.1) is 6.42 Å². The largest absolute Gasteiger partial charge is 0.481 e. The Hall–Kier alpha value is -0.570. The molecule has 0 atom stereocenters. The molecule has 0 aromatic heterocycles. The molecule has 3 heteroatoms. The molecule has 0 bridgehead atoms. The van der Waals surface area contributed by atoms with Gasteiger partial charge in [0.1, 0.15) is 0 Å². The zero-order valence-electron chi connectivity index (χ0n) is 9.72. The van der Waals surface area contributed by atoms with E-state index in [1.807, 2.05) is 0 Å². The van der Waals surface area contributed by atoms with E-state index in [2.05, 4.69) is 12.2 Å². The zero-order chi connectivity index (χ0) is 11.1. The van der Waals surface area contributed by atoms with E-state index in [1.165, 1.54) is 25.7 Å². The van der Waals surface area contributed by atoms with Gasteiger partial charge in [-0.3, -0.25) is 4.79 Å². The van der Waals surface area contributed by atoms with E-state index in [4.69, 9.17) is 5.11 Å². The molecule has 0 saturated heterocycles. The fraction of sp³-hybridized carbons (Fsp3) is 0.917. The lowest BCUT2D eigenvalue weighted by molar-refractivity contribution is -0.138. The van der Waals surface area contributed by atoms with E-state index in [1.54, 1.807) is 0 Å². The molecular weight excluding hydrogens is 190 g/mol. The third-order valence-electron chi connectivity index (χ3n) is 3.30. The lowest BCUT2D eigenvalue weighted by Gasteiger charge is -2.32. The first-order chi connectivity index (χ1) is 7.18. The number of carboxylic acids is 1. The lowest BCUT2D eigenvalue weighted by atomic mass is 9.86. The lowest BCUT2D eigenvalue weighted by Crippen LogP contribution is -2.46. The molecule has 0 amide bonds. The molecule has 1 fully saturated rings. The minimum atomic E-state index is -0.666. The second kappa shape index (κ2) is 6.11. The molecule has 1 rings (SSSR count). The summed E-state index contributed by atoms with van der Waals surface area (Å²) in [5, 5.41) is 12.5. The zero-order valence-corrected chi connectivity index (χ0v) is 9.72. The topological polar surface area (TPSA) is 49.3 Å². The standard InChI is InChI=1S/C12H23NO2/c1-2-9-13-12(10-11(14)15)7-5-3-4-6-8-12/h13H,2-10H2,1H3,(H,14,15). The summed E-state index contributed by atoms with van der Waals surface area (Å²) in [5.41, 5.74) is -0.113. The maximum Gasteiger partial charge on any atom is 0.305 e. The number of hydrogen-bond donors (Lipinski definition) is 2. The molecule has 2 N–H and O–H groups in total. The van der Waals surface area contributed by atoms with Crippen LogP contribution < -0.4 is 5.32 Å². The Balaban J connectivity index is 2.59. The average Bonchev–Trinajstić information content (AvgIpc) is 2.40. The Morgan fingerprint density at radius 1 is 1.27 bits per heavy atom. The van der Waals surface area contributed by atoms with E-state index in [0.717, 1.165) is 25.8 Å². The number of rotatable bonds is 5. The van der Waals surface area contributed by atoms with Gasteiger partial charge in [0.15, 0.2) is 0 Å². The van der Waals surface area contributed by atoms with Crippen molar-refractivity contribution in [2.75, 3.05) is 6.54 Å². The van der Waals surface area contributed by atoms with Gasteiger partial charge < -0.3 is 10.4 Å². The van der Waals surface area contributed by atoms with Crippen molar-refractivity contribution in [1.82, 2.24) is 5.32 Å². The van der Waals surface area contributed by atoms with Crippen LogP contribution in [0, 0.1) is 0 Å². The van der Waals surface area contributed by atoms with Gasteiger partial charge >= 0.3 is 5.97 Å². The van der Waals surface area contributed by atoms with Gasteiger partial charge in [-0.1, -0.05) is 32.6 Å². The molecule has 0 aliphatic heterocycles. The van der Waals surface area contributed by atoms with Crippen molar-refractivity contribution < 1.29 is 9.90 Å². The van der Waals surface area contributed by atoms with E-state index in [-0.39, 0.29) is 12.0 Å². The number of carboxylic acid groups (broad SMARTS) is 1. The van der Waals surface area contributed by atoms with Crippen molar-refractivity contribution in [2.45, 2.75) is 63.8 Å². The minimum Gasteiger partial charge on any atom is -0.481 e. The Kier molecular flexibility index (Phi) is 5.09. The van der Waals surface area contributed by atoms with Gasteiger partial charge in [0.25, 0.3) is 0 Å². The predicted molar refractivity (Wildman–Crippen MR) is 61.0 cm³/mol. The fourth-order valence-electron chi connectivity index (χ4n) is 2.50. The smallest absolute Gasteiger partial charge is 0.305 e. The van der Waals surface area contributed by atoms with Gasteiger partial charge in [-0.2, -0.15) is 0 Å². The van der Waals surface area contributed by atoms with Crippen molar-refractivity contribution in [3.05, 3.63) is 0 Å². The van der Waals surface area contributed by atoms with Gasteiger partial charge in [0.2, 0.25) is 0 Å². The Morgan fingerprint density at radius 3 is 2.33 bits per heavy atom. The monoisotopic (exact) mass is 213 g/mol. The van der Waals surface area contributed by atoms with Crippen LogP contribution in [0.5, 0.6) is 0 Å². The average molecular weight is 213 g/mol. The summed E-state index contributed by atoms with van der Waals surface area (Å²) in [6.07, 6.45) is 8.27. The Morgan fingerprint density at radius 2 is 1.87 bits per heavy atom. The van der Waals surface area contributed by atoms with E-state index in [0.29, 0.717) is 0 Å². The number of hydrogen-bond acceptors (Lipinski definition) is 2. The van der Waals surface area contributed by atoms with Gasteiger partial charge in [-0.15, -0.1) is 0 Å². The SMILES string of the molecule is CCCNC1(CC(=O)O)CCCCCC1. The van der Waals surface area contributed by atoms with Gasteiger partial charge in [0, 0.05) is 5.54 Å². The number of aliphatic carboxylic acids is 1. The third-order valence-corrected chi connectivity index (χ3v) is 3.30. The maximum atomic E-state index is 10.9. The van der Waals surface area contributed by atoms with Crippen LogP contribution in [0.15, 0.2) is 0 Å². The maximum absolute atomic E-state index is 10.9. The van der Waals surface area contributed by atoms with Gasteiger partial charge in [-0.25, -0.2) is 0 Å². The van der Waals surface area contributed by atoms with Crippen LogP contribution in [0.3, 0.4) is 0 Å². The molecule has 88 valence electrons. The van der Waals surface area contributed by atoms with Crippen LogP contribution in [0.25, 0.3) is 0 Å². The predicted octanol–water partition coefficient (Wildman–Crippen LogP) is 2.55. The molecule has 1 saturated carbocycles. The second-order valence-electron chi connectivity index (χ2n) is 4.69. The molecule has 0 spiro atoms. The van der Waals surface area contributed by atoms with Crippen molar-refractivity contribution in [3.8, 4) is 0 Å². The van der Waals surface area contributed by atoms with Crippen LogP contribution in [-0.4, -0.2) is 23.2 Å². The molecule has 0 radical (unpaired) electrons. The Labute approximate surface area is 92.3 Å². The Bertz CT molecular complexity index is 196. The fourth-order valence-corrected chi connectivity index (χ4v) is 2.50. The summed E-state index contributed by atoms with van der Waals surface area (Å²) in [5.74, 6) is -0.666. The summed E-state index contributed by atoms with van der Waals surface area (Å²) in [6, 6.07) is 0. The van der Waals surface area contributed by atoms with Crippen LogP contribution in [-0.2, 0) is 4.79 Å². The molecule has 0 heterocycles. The van der Waals surface area contributed by atoms with Crippen LogP contribution in [0.4, 0.5) is 0 Å². The number of nitrogens with one attached hydrogen (secondary N) is 1. The van der Waals surface area contributed by atoms with Crippen molar-refractivity contribution in [1.29, 1.82) is 0 Å². The molecule has 15 heavy (non-hydrogen) atoms. The second-order valence-corrected chi connectivity index (χ2v) is 4.69. The highest BCUT2D eigenvalue weighted by Crippen LogP contribution is 2.29. The van der Waals surface area contributed by atoms with Crippen molar-refractivity contribution in [2.24, 2.45) is 0 Å². The molecular formula is C12H23NO2. The highest BCUT2D eigenvalue weighted by atomic mass is 16.4. The summed E-state index contributed by atoms with van der Waals surface area (Å²) >= 11 is 0. The van der Waals surface area contributed by atoms with Crippen molar-refractivity contribution >= 4 is 5.97 Å². The number of carbonyl (C=O) groups is 1. The van der Waals surface area contributed by atoms with Crippen LogP contribution >= 0.6 is 0 Å². The quantitative estimate of drug-likeness (QED) is 0.690. The summed E-state index contributed by atoms with van der Waals surface area (Å²) in [4.78, 5) is 10.9. The first kappa shape index (κ1) is 12.5. The normalized spacial score (nSPS) is 20.9. The first-order valence-corrected chi connectivity index (χ1v) is 6.15. The van der Waals surface area contributed by atoms with Crippen LogP contribution in [0.2, 0.25) is 0 Å². The molecule has 1 aliphatic rings. The molecule has 3 nitrogen and oxygen atoms in total. The summed E-state index contributed by atoms with van der Waals surface area (Å²) in [6.45, 7) is 3.06. The molecule has 0 aromatic carbocycles. The molecule has 0 unspecified atom stereocenters. The molecule has 0 aromatic rings. The third kappa shape index (κ3) is 4.20. The van der Waals surface area contributed by atoms with E-state index in [9.17, 15) is 4.79 Å². The van der Waals surface area contributed by atoms with E-state index >= 15 is 0 Å². The molecule has 1 aliphatic carbocycles. The summed E-state index contributed by atoms with van der Waals surface area (Å²) in [7, 11) is 0. The van der Waals surface area contributed by atoms with Gasteiger partial charge in [-0.05, 0) is 25.8 Å². The minimum absolute atomic E-state index is 0.113. The highest BCUT2D eigenvalue weighted by Gasteiger charge is 2.32. The first-order valence-electron chi connectivity index (χ1n) is 6.15.